The van der Waals surface area contributed by atoms with Crippen molar-refractivity contribution < 1.29 is 18.0 Å². The van der Waals surface area contributed by atoms with E-state index < -0.39 is 24.7 Å². The molecule has 0 aromatic heterocycles. The maximum absolute atomic E-state index is 12.2. The Kier molecular flexibility index (Phi) is 4.09. The smallest absolute Gasteiger partial charge is 0.319 e. The summed E-state index contributed by atoms with van der Waals surface area (Å²) in [6.07, 6.45) is -3.16. The Balaban J connectivity index is 1.85. The Morgan fingerprint density at radius 2 is 1.95 bits per heavy atom. The molecule has 1 saturated heterocycles. The molecule has 1 aromatic carbocycles. The highest BCUT2D eigenvalue weighted by Crippen LogP contribution is 2.19. The fourth-order valence-electron chi connectivity index (χ4n) is 2.14. The fourth-order valence-corrected chi connectivity index (χ4v) is 2.14. The van der Waals surface area contributed by atoms with Crippen LogP contribution in [0.15, 0.2) is 30.3 Å². The van der Waals surface area contributed by atoms with Crippen molar-refractivity contribution in [2.45, 2.75) is 25.1 Å². The van der Waals surface area contributed by atoms with Crippen LogP contribution in [0.2, 0.25) is 0 Å². The summed E-state index contributed by atoms with van der Waals surface area (Å²) in [6, 6.07) is 9.06. The predicted octanol–water partition coefficient (Wildman–Crippen LogP) is 1.94. The Hall–Kier alpha value is -1.56. The lowest BCUT2D eigenvalue weighted by Gasteiger charge is -2.17. The lowest BCUT2D eigenvalue weighted by molar-refractivity contribution is -0.157. The highest BCUT2D eigenvalue weighted by molar-refractivity contribution is 5.83. The summed E-state index contributed by atoms with van der Waals surface area (Å²) in [5, 5.41) is 2.83. The van der Waals surface area contributed by atoms with Crippen molar-refractivity contribution in [3.8, 4) is 0 Å². The van der Waals surface area contributed by atoms with Crippen LogP contribution >= 0.6 is 0 Å². The number of rotatable bonds is 4. The van der Waals surface area contributed by atoms with Gasteiger partial charge in [-0.15, -0.1) is 0 Å². The molecule has 1 aromatic rings. The number of amides is 1. The first kappa shape index (κ1) is 13.9. The van der Waals surface area contributed by atoms with Gasteiger partial charge in [-0.3, -0.25) is 10.1 Å². The minimum atomic E-state index is -4.34. The van der Waals surface area contributed by atoms with Gasteiger partial charge in [0.1, 0.15) is 6.54 Å². The Bertz CT molecular complexity index is 433. The van der Waals surface area contributed by atoms with Crippen LogP contribution in [0.5, 0.6) is 0 Å². The average molecular weight is 272 g/mol. The number of halogens is 3. The van der Waals surface area contributed by atoms with Crippen LogP contribution in [-0.2, 0) is 11.2 Å². The molecule has 0 aliphatic carbocycles. The van der Waals surface area contributed by atoms with E-state index in [0.29, 0.717) is 12.8 Å². The maximum Gasteiger partial charge on any atom is 0.406 e. The lowest BCUT2D eigenvalue weighted by atomic mass is 10.1. The third-order valence-corrected chi connectivity index (χ3v) is 3.07. The van der Waals surface area contributed by atoms with Gasteiger partial charge >= 0.3 is 6.18 Å². The van der Waals surface area contributed by atoms with Crippen molar-refractivity contribution in [3.63, 3.8) is 0 Å². The summed E-state index contributed by atoms with van der Waals surface area (Å²) in [4.78, 5) is 12.6. The van der Waals surface area contributed by atoms with Crippen LogP contribution in [-0.4, -0.2) is 36.2 Å². The highest BCUT2D eigenvalue weighted by atomic mass is 19.4. The van der Waals surface area contributed by atoms with Crippen LogP contribution in [0.25, 0.3) is 0 Å². The molecule has 1 atom stereocenters. The Morgan fingerprint density at radius 1 is 1.26 bits per heavy atom. The molecule has 0 saturated carbocycles. The first-order chi connectivity index (χ1) is 8.96. The van der Waals surface area contributed by atoms with Gasteiger partial charge in [0.25, 0.3) is 0 Å². The number of alkyl halides is 3. The van der Waals surface area contributed by atoms with E-state index in [0.717, 1.165) is 10.5 Å². The molecule has 1 N–H and O–H groups in total. The summed E-state index contributed by atoms with van der Waals surface area (Å²) in [5.74, 6) is -0.465. The predicted molar refractivity (Wildman–Crippen MR) is 64.3 cm³/mol. The first-order valence-corrected chi connectivity index (χ1v) is 6.08. The number of benzene rings is 1. The largest absolute Gasteiger partial charge is 0.406 e. The zero-order valence-electron chi connectivity index (χ0n) is 10.3. The summed E-state index contributed by atoms with van der Waals surface area (Å²) < 4.78 is 36.7. The van der Waals surface area contributed by atoms with E-state index in [2.05, 4.69) is 5.32 Å². The number of carbonyl (C=O) groups is 1. The molecule has 0 bridgehead atoms. The first-order valence-electron chi connectivity index (χ1n) is 6.08. The Morgan fingerprint density at radius 3 is 2.58 bits per heavy atom. The second-order valence-corrected chi connectivity index (χ2v) is 4.59. The molecule has 0 radical (unpaired) electrons. The minimum Gasteiger partial charge on any atom is -0.319 e. The SMILES string of the molecule is O=C1C(CCc2ccccc2)NCN1CC(F)(F)F. The molecule has 19 heavy (non-hydrogen) atoms. The molecular weight excluding hydrogens is 257 g/mol. The zero-order valence-corrected chi connectivity index (χ0v) is 10.3. The molecule has 0 spiro atoms. The second-order valence-electron chi connectivity index (χ2n) is 4.59. The normalized spacial score (nSPS) is 20.1. The Labute approximate surface area is 109 Å². The number of hydrogen-bond donors (Lipinski definition) is 1. The van der Waals surface area contributed by atoms with Crippen molar-refractivity contribution in [2.75, 3.05) is 13.2 Å². The summed E-state index contributed by atoms with van der Waals surface area (Å²) >= 11 is 0. The summed E-state index contributed by atoms with van der Waals surface area (Å²) in [5.41, 5.74) is 1.08. The minimum absolute atomic E-state index is 0.0300. The monoisotopic (exact) mass is 272 g/mol. The van der Waals surface area contributed by atoms with E-state index >= 15 is 0 Å². The fraction of sp³-hybridized carbons (Fsp3) is 0.462. The van der Waals surface area contributed by atoms with Gasteiger partial charge in [0, 0.05) is 0 Å². The molecule has 1 aliphatic heterocycles. The summed E-state index contributed by atoms with van der Waals surface area (Å²) in [7, 11) is 0. The molecule has 1 aliphatic rings. The van der Waals surface area contributed by atoms with E-state index in [1.54, 1.807) is 0 Å². The van der Waals surface area contributed by atoms with Gasteiger partial charge in [-0.05, 0) is 18.4 Å². The standard InChI is InChI=1S/C13H15F3N2O/c14-13(15,16)8-18-9-17-11(12(18)19)7-6-10-4-2-1-3-5-10/h1-5,11,17H,6-9H2. The zero-order chi connectivity index (χ0) is 13.9. The van der Waals surface area contributed by atoms with Crippen molar-refractivity contribution in [1.82, 2.24) is 10.2 Å². The van der Waals surface area contributed by atoms with Crippen molar-refractivity contribution in [1.29, 1.82) is 0 Å². The number of nitrogens with zero attached hydrogens (tertiary/aromatic N) is 1. The van der Waals surface area contributed by atoms with Gasteiger partial charge in [-0.2, -0.15) is 13.2 Å². The van der Waals surface area contributed by atoms with E-state index in [1.807, 2.05) is 30.3 Å². The van der Waals surface area contributed by atoms with E-state index in [9.17, 15) is 18.0 Å². The summed E-state index contributed by atoms with van der Waals surface area (Å²) in [6.45, 7) is -1.21. The van der Waals surface area contributed by atoms with Crippen molar-refractivity contribution in [3.05, 3.63) is 35.9 Å². The molecule has 3 nitrogen and oxygen atoms in total. The van der Waals surface area contributed by atoms with E-state index in [4.69, 9.17) is 0 Å². The van der Waals surface area contributed by atoms with Gasteiger partial charge in [-0.25, -0.2) is 0 Å². The van der Waals surface area contributed by atoms with Gasteiger partial charge < -0.3 is 4.90 Å². The van der Waals surface area contributed by atoms with Crippen LogP contribution < -0.4 is 5.32 Å². The van der Waals surface area contributed by atoms with Crippen LogP contribution in [0.3, 0.4) is 0 Å². The lowest BCUT2D eigenvalue weighted by Crippen LogP contribution is -2.37. The number of carbonyl (C=O) groups excluding carboxylic acids is 1. The highest BCUT2D eigenvalue weighted by Gasteiger charge is 2.38. The van der Waals surface area contributed by atoms with Crippen LogP contribution in [0.1, 0.15) is 12.0 Å². The van der Waals surface area contributed by atoms with Gasteiger partial charge in [-0.1, -0.05) is 30.3 Å². The van der Waals surface area contributed by atoms with Crippen LogP contribution in [0.4, 0.5) is 13.2 Å². The molecule has 1 heterocycles. The molecular formula is C13H15F3N2O. The second kappa shape index (κ2) is 5.61. The van der Waals surface area contributed by atoms with Gasteiger partial charge in [0.2, 0.25) is 5.91 Å². The van der Waals surface area contributed by atoms with E-state index in [-0.39, 0.29) is 6.67 Å². The van der Waals surface area contributed by atoms with Gasteiger partial charge in [0.05, 0.1) is 12.7 Å². The number of nitrogens with one attached hydrogen (secondary N) is 1. The molecule has 6 heteroatoms. The molecule has 104 valence electrons. The third kappa shape index (κ3) is 3.96. The molecule has 1 amide bonds. The topological polar surface area (TPSA) is 32.3 Å². The van der Waals surface area contributed by atoms with Crippen molar-refractivity contribution in [2.24, 2.45) is 0 Å². The number of aryl methyl sites for hydroxylation is 1. The van der Waals surface area contributed by atoms with Crippen LogP contribution in [0, 0.1) is 0 Å². The quantitative estimate of drug-likeness (QED) is 0.908. The van der Waals surface area contributed by atoms with Gasteiger partial charge in [0.15, 0.2) is 0 Å². The van der Waals surface area contributed by atoms with E-state index in [1.165, 1.54) is 0 Å². The average Bonchev–Trinajstić information content (AvgIpc) is 2.68. The number of hydrogen-bond acceptors (Lipinski definition) is 2. The molecule has 1 unspecified atom stereocenters. The third-order valence-electron chi connectivity index (χ3n) is 3.07. The maximum atomic E-state index is 12.2. The van der Waals surface area contributed by atoms with Crippen molar-refractivity contribution >= 4 is 5.91 Å². The molecule has 2 rings (SSSR count). The molecule has 1 fully saturated rings.